The lowest BCUT2D eigenvalue weighted by Gasteiger charge is -1.90. The van der Waals surface area contributed by atoms with Gasteiger partial charge in [0.2, 0.25) is 0 Å². The van der Waals surface area contributed by atoms with Crippen molar-refractivity contribution in [2.75, 3.05) is 0 Å². The molecule has 0 saturated carbocycles. The van der Waals surface area contributed by atoms with E-state index in [2.05, 4.69) is 15.0 Å². The molecule has 4 heteroatoms. The molecule has 0 spiro atoms. The van der Waals surface area contributed by atoms with E-state index in [-0.39, 0.29) is 12.4 Å². The van der Waals surface area contributed by atoms with E-state index in [9.17, 15) is 0 Å². The van der Waals surface area contributed by atoms with E-state index in [1.54, 1.807) is 18.6 Å². The number of hydrogen-bond donors (Lipinski definition) is 1. The molecule has 0 radical (unpaired) electrons. The van der Waals surface area contributed by atoms with E-state index in [1.165, 1.54) is 0 Å². The Kier molecular flexibility index (Phi) is 1.87. The molecule has 0 aromatic carbocycles. The van der Waals surface area contributed by atoms with Gasteiger partial charge in [-0.2, -0.15) is 0 Å². The van der Waals surface area contributed by atoms with Gasteiger partial charge in [0.25, 0.3) is 0 Å². The summed E-state index contributed by atoms with van der Waals surface area (Å²) in [6.45, 7) is 0. The molecule has 0 aliphatic carbocycles. The Labute approximate surface area is 64.3 Å². The molecular formula is C6H6ClN3. The Bertz CT molecular complexity index is 253. The Hall–Kier alpha value is -1.09. The fourth-order valence-electron chi connectivity index (χ4n) is 0.777. The summed E-state index contributed by atoms with van der Waals surface area (Å²) in [6, 6.07) is 1.89. The zero-order valence-electron chi connectivity index (χ0n) is 5.11. The zero-order valence-corrected chi connectivity index (χ0v) is 5.93. The molecule has 52 valence electrons. The summed E-state index contributed by atoms with van der Waals surface area (Å²) in [4.78, 5) is 11.0. The van der Waals surface area contributed by atoms with Crippen molar-refractivity contribution in [1.82, 2.24) is 15.0 Å². The molecule has 0 fully saturated rings. The van der Waals surface area contributed by atoms with Gasteiger partial charge in [-0.3, -0.25) is 0 Å². The minimum atomic E-state index is 0. The smallest absolute Gasteiger partial charge is 0.175 e. The van der Waals surface area contributed by atoms with Crippen LogP contribution in [0.25, 0.3) is 11.5 Å². The largest absolute Gasteiger partial charge is 0.357 e. The van der Waals surface area contributed by atoms with E-state index < -0.39 is 0 Å². The summed E-state index contributed by atoms with van der Waals surface area (Å²) in [7, 11) is 0. The normalized spacial score (nSPS) is 9.20. The summed E-state index contributed by atoms with van der Waals surface area (Å²) in [5.74, 6) is 0.775. The monoisotopic (exact) mass is 155 g/mol. The summed E-state index contributed by atoms with van der Waals surface area (Å²) in [5.41, 5.74) is 0.984. The Morgan fingerprint density at radius 2 is 2.00 bits per heavy atom. The van der Waals surface area contributed by atoms with Gasteiger partial charge in [-0.1, -0.05) is 0 Å². The maximum atomic E-state index is 4.00. The predicted octanol–water partition coefficient (Wildman–Crippen LogP) is 1.33. The van der Waals surface area contributed by atoms with Crippen LogP contribution in [0.15, 0.2) is 24.7 Å². The first-order valence-corrected chi connectivity index (χ1v) is 2.71. The fraction of sp³-hybridized carbons (Fsp3) is 0. The van der Waals surface area contributed by atoms with Crippen molar-refractivity contribution < 1.29 is 0 Å². The van der Waals surface area contributed by atoms with Gasteiger partial charge < -0.3 is 4.98 Å². The number of H-pyrrole nitrogens is 1. The molecule has 2 heterocycles. The van der Waals surface area contributed by atoms with Crippen molar-refractivity contribution in [1.29, 1.82) is 0 Å². The van der Waals surface area contributed by atoms with Crippen LogP contribution >= 0.6 is 12.4 Å². The number of nitrogens with zero attached hydrogens (tertiary/aromatic N) is 2. The second kappa shape index (κ2) is 2.66. The molecule has 2 rings (SSSR count). The summed E-state index contributed by atoms with van der Waals surface area (Å²) < 4.78 is 0. The number of rotatable bonds is 0. The quantitative estimate of drug-likeness (QED) is 0.624. The van der Waals surface area contributed by atoms with Gasteiger partial charge >= 0.3 is 0 Å². The number of hydrogen-bond acceptors (Lipinski definition) is 2. The van der Waals surface area contributed by atoms with Crippen molar-refractivity contribution in [3.05, 3.63) is 24.7 Å². The lowest BCUT2D eigenvalue weighted by Crippen LogP contribution is -1.83. The maximum absolute atomic E-state index is 4.00. The van der Waals surface area contributed by atoms with Gasteiger partial charge in [0.15, 0.2) is 5.82 Å². The lowest BCUT2D eigenvalue weighted by atomic mass is 10.4. The molecule has 0 aromatic heterocycles. The Morgan fingerprint density at radius 1 is 1.20 bits per heavy atom. The molecule has 0 amide bonds. The average Bonchev–Trinajstić information content (AvgIpc) is 2.33. The summed E-state index contributed by atoms with van der Waals surface area (Å²) in [6.07, 6.45) is 5.20. The van der Waals surface area contributed by atoms with E-state index in [4.69, 9.17) is 0 Å². The van der Waals surface area contributed by atoms with Crippen LogP contribution < -0.4 is 0 Å². The van der Waals surface area contributed by atoms with E-state index >= 15 is 0 Å². The van der Waals surface area contributed by atoms with Crippen molar-refractivity contribution in [2.45, 2.75) is 0 Å². The van der Waals surface area contributed by atoms with Crippen LogP contribution in [-0.4, -0.2) is 15.0 Å². The predicted molar refractivity (Wildman–Crippen MR) is 40.3 cm³/mol. The van der Waals surface area contributed by atoms with Gasteiger partial charge in [-0.25, -0.2) is 9.97 Å². The lowest BCUT2D eigenvalue weighted by molar-refractivity contribution is 1.16. The number of aromatic amines is 1. The second-order valence-electron chi connectivity index (χ2n) is 1.77. The highest BCUT2D eigenvalue weighted by Crippen LogP contribution is 2.10. The second-order valence-corrected chi connectivity index (χ2v) is 1.77. The first-order valence-electron chi connectivity index (χ1n) is 2.71. The molecule has 10 heavy (non-hydrogen) atoms. The highest BCUT2D eigenvalue weighted by atomic mass is 35.5. The van der Waals surface area contributed by atoms with Crippen molar-refractivity contribution in [3.63, 3.8) is 0 Å². The van der Waals surface area contributed by atoms with E-state index in [1.807, 2.05) is 6.07 Å². The molecule has 0 unspecified atom stereocenters. The number of nitrogens with one attached hydrogen (secondary N) is 1. The summed E-state index contributed by atoms with van der Waals surface area (Å²) >= 11 is 0. The van der Waals surface area contributed by atoms with Crippen LogP contribution in [0, 0.1) is 0 Å². The SMILES string of the molecule is Cl.c1c[nH]c2ccnc-2n1. The third-order valence-corrected chi connectivity index (χ3v) is 1.19. The van der Waals surface area contributed by atoms with Gasteiger partial charge in [-0.15, -0.1) is 12.4 Å². The van der Waals surface area contributed by atoms with Gasteiger partial charge in [0.1, 0.15) is 0 Å². The topological polar surface area (TPSA) is 41.6 Å². The van der Waals surface area contributed by atoms with Crippen LogP contribution in [-0.2, 0) is 0 Å². The zero-order chi connectivity index (χ0) is 6.10. The average molecular weight is 156 g/mol. The van der Waals surface area contributed by atoms with Crippen LogP contribution in [0.1, 0.15) is 0 Å². The minimum absolute atomic E-state index is 0. The summed E-state index contributed by atoms with van der Waals surface area (Å²) in [5, 5.41) is 0. The van der Waals surface area contributed by atoms with Crippen LogP contribution in [0.4, 0.5) is 0 Å². The minimum Gasteiger partial charge on any atom is -0.357 e. The molecule has 0 atom stereocenters. The van der Waals surface area contributed by atoms with E-state index in [0.29, 0.717) is 0 Å². The Balaban J connectivity index is 0.000000500. The van der Waals surface area contributed by atoms with Crippen LogP contribution in [0.5, 0.6) is 0 Å². The molecule has 3 nitrogen and oxygen atoms in total. The number of halogens is 1. The number of fused-ring (bicyclic) bond motifs is 1. The maximum Gasteiger partial charge on any atom is 0.175 e. The van der Waals surface area contributed by atoms with Crippen molar-refractivity contribution >= 4 is 12.4 Å². The molecule has 0 aromatic rings. The Morgan fingerprint density at radius 3 is 2.80 bits per heavy atom. The first-order chi connectivity index (χ1) is 4.47. The van der Waals surface area contributed by atoms with Gasteiger partial charge in [0, 0.05) is 18.6 Å². The highest BCUT2D eigenvalue weighted by molar-refractivity contribution is 5.85. The fourth-order valence-corrected chi connectivity index (χ4v) is 0.777. The third kappa shape index (κ3) is 0.953. The van der Waals surface area contributed by atoms with Gasteiger partial charge in [0.05, 0.1) is 5.69 Å². The van der Waals surface area contributed by atoms with Crippen LogP contribution in [0.2, 0.25) is 0 Å². The van der Waals surface area contributed by atoms with E-state index in [0.717, 1.165) is 11.5 Å². The highest BCUT2D eigenvalue weighted by Gasteiger charge is 1.99. The third-order valence-electron chi connectivity index (χ3n) is 1.19. The van der Waals surface area contributed by atoms with Crippen molar-refractivity contribution in [2.24, 2.45) is 0 Å². The van der Waals surface area contributed by atoms with Crippen molar-refractivity contribution in [3.8, 4) is 11.5 Å². The standard InChI is InChI=1S/C6H5N3.ClH/c1-2-8-6-5(1)7-3-4-9-6;/h1-4,7H;1H. The molecule has 2 aliphatic rings. The first kappa shape index (κ1) is 7.02. The number of aromatic nitrogens is 3. The molecule has 0 saturated heterocycles. The molecule has 0 bridgehead atoms. The van der Waals surface area contributed by atoms with Crippen LogP contribution in [0.3, 0.4) is 0 Å². The molecule has 2 aliphatic heterocycles. The van der Waals surface area contributed by atoms with Gasteiger partial charge in [-0.05, 0) is 6.07 Å². The molecular weight excluding hydrogens is 150 g/mol. The molecule has 1 N–H and O–H groups in total.